The normalized spacial score (nSPS) is 27.1. The lowest BCUT2D eigenvalue weighted by Crippen LogP contribution is -2.53. The van der Waals surface area contributed by atoms with E-state index in [1.165, 1.54) is 0 Å². The molecule has 0 bridgehead atoms. The van der Waals surface area contributed by atoms with Crippen LogP contribution < -0.4 is 5.32 Å². The lowest BCUT2D eigenvalue weighted by Gasteiger charge is -2.35. The quantitative estimate of drug-likeness (QED) is 0.641. The molecule has 2 aliphatic rings. The molecular weight excluding hydrogens is 206 g/mol. The van der Waals surface area contributed by atoms with Crippen LogP contribution in [0.1, 0.15) is 12.8 Å². The molecule has 90 valence electrons. The number of nitrogens with one attached hydrogen (secondary N) is 1. The summed E-state index contributed by atoms with van der Waals surface area (Å²) in [7, 11) is 1.78. The third-order valence-corrected chi connectivity index (χ3v) is 3.41. The van der Waals surface area contributed by atoms with E-state index < -0.39 is 0 Å². The number of hydrogen-bond acceptors (Lipinski definition) is 3. The van der Waals surface area contributed by atoms with E-state index in [2.05, 4.69) is 5.32 Å². The highest BCUT2D eigenvalue weighted by Crippen LogP contribution is 2.14. The molecule has 0 spiro atoms. The topological polar surface area (TPSA) is 52.6 Å². The molecule has 16 heavy (non-hydrogen) atoms. The maximum Gasteiger partial charge on any atom is 0.241 e. The lowest BCUT2D eigenvalue weighted by molar-refractivity contribution is -0.146. The first-order chi connectivity index (χ1) is 7.68. The average molecular weight is 225 g/mol. The third-order valence-electron chi connectivity index (χ3n) is 3.41. The van der Waals surface area contributed by atoms with Crippen molar-refractivity contribution < 1.29 is 9.59 Å². The van der Waals surface area contributed by atoms with Crippen molar-refractivity contribution in [2.75, 3.05) is 39.8 Å². The number of carbonyl (C=O) groups excluding carboxylic acids is 2. The molecule has 0 aromatic heterocycles. The van der Waals surface area contributed by atoms with Gasteiger partial charge in [-0.15, -0.1) is 0 Å². The van der Waals surface area contributed by atoms with Gasteiger partial charge < -0.3 is 15.1 Å². The first-order valence-electron chi connectivity index (χ1n) is 5.92. The molecule has 2 aliphatic heterocycles. The van der Waals surface area contributed by atoms with Crippen molar-refractivity contribution in [3.05, 3.63) is 0 Å². The number of rotatable bonds is 1. The average Bonchev–Trinajstić information content (AvgIpc) is 2.33. The van der Waals surface area contributed by atoms with E-state index >= 15 is 0 Å². The van der Waals surface area contributed by atoms with Crippen LogP contribution >= 0.6 is 0 Å². The number of piperazine rings is 1. The van der Waals surface area contributed by atoms with E-state index in [-0.39, 0.29) is 24.3 Å². The lowest BCUT2D eigenvalue weighted by atomic mass is 9.98. The maximum atomic E-state index is 12.1. The summed E-state index contributed by atoms with van der Waals surface area (Å²) in [5.74, 6) is 0.266. The Hall–Kier alpha value is -1.10. The second kappa shape index (κ2) is 4.82. The van der Waals surface area contributed by atoms with Crippen LogP contribution in [-0.4, -0.2) is 61.4 Å². The van der Waals surface area contributed by atoms with Crippen LogP contribution in [0.15, 0.2) is 0 Å². The summed E-state index contributed by atoms with van der Waals surface area (Å²) in [6, 6.07) is 0. The van der Waals surface area contributed by atoms with E-state index in [4.69, 9.17) is 0 Å². The summed E-state index contributed by atoms with van der Waals surface area (Å²) >= 11 is 0. The zero-order valence-corrected chi connectivity index (χ0v) is 9.74. The minimum Gasteiger partial charge on any atom is -0.342 e. The summed E-state index contributed by atoms with van der Waals surface area (Å²) in [4.78, 5) is 27.0. The molecule has 2 rings (SSSR count). The van der Waals surface area contributed by atoms with Gasteiger partial charge in [0.1, 0.15) is 0 Å². The van der Waals surface area contributed by atoms with Crippen molar-refractivity contribution >= 4 is 11.8 Å². The highest BCUT2D eigenvalue weighted by atomic mass is 16.2. The van der Waals surface area contributed by atoms with Gasteiger partial charge in [0.2, 0.25) is 11.8 Å². The molecule has 2 amide bonds. The van der Waals surface area contributed by atoms with Crippen LogP contribution in [-0.2, 0) is 9.59 Å². The van der Waals surface area contributed by atoms with Crippen molar-refractivity contribution in [2.45, 2.75) is 12.8 Å². The molecule has 0 radical (unpaired) electrons. The standard InChI is InChI=1S/C11H19N3O2/c1-13-5-6-14(8-10(13)15)11(16)9-3-2-4-12-7-9/h9,12H,2-8H2,1H3. The van der Waals surface area contributed by atoms with Crippen LogP contribution in [0.25, 0.3) is 0 Å². The second-order valence-electron chi connectivity index (χ2n) is 4.62. The minimum atomic E-state index is 0.0448. The van der Waals surface area contributed by atoms with E-state index in [1.54, 1.807) is 16.8 Å². The van der Waals surface area contributed by atoms with Crippen LogP contribution in [0.2, 0.25) is 0 Å². The van der Waals surface area contributed by atoms with Gasteiger partial charge in [0.05, 0.1) is 12.5 Å². The van der Waals surface area contributed by atoms with Gasteiger partial charge in [-0.1, -0.05) is 0 Å². The highest BCUT2D eigenvalue weighted by Gasteiger charge is 2.30. The van der Waals surface area contributed by atoms with Gasteiger partial charge in [0.15, 0.2) is 0 Å². The Morgan fingerprint density at radius 1 is 1.44 bits per heavy atom. The fourth-order valence-electron chi connectivity index (χ4n) is 2.27. The molecule has 1 unspecified atom stereocenters. The van der Waals surface area contributed by atoms with Gasteiger partial charge in [-0.3, -0.25) is 9.59 Å². The SMILES string of the molecule is CN1CCN(C(=O)C2CCCNC2)CC1=O. The Kier molecular flexibility index (Phi) is 3.43. The fourth-order valence-corrected chi connectivity index (χ4v) is 2.27. The number of hydrogen-bond donors (Lipinski definition) is 1. The zero-order valence-electron chi connectivity index (χ0n) is 9.74. The Morgan fingerprint density at radius 3 is 2.88 bits per heavy atom. The van der Waals surface area contributed by atoms with Gasteiger partial charge in [-0.25, -0.2) is 0 Å². The molecule has 0 aromatic rings. The predicted molar refractivity (Wildman–Crippen MR) is 59.8 cm³/mol. The number of piperidine rings is 1. The number of amides is 2. The Morgan fingerprint density at radius 2 is 2.25 bits per heavy atom. The zero-order chi connectivity index (χ0) is 11.5. The molecule has 0 saturated carbocycles. The number of likely N-dealkylation sites (N-methyl/N-ethyl adjacent to an activating group) is 1. The second-order valence-corrected chi connectivity index (χ2v) is 4.62. The summed E-state index contributed by atoms with van der Waals surface area (Å²) in [6.07, 6.45) is 2.00. The van der Waals surface area contributed by atoms with Gasteiger partial charge in [-0.2, -0.15) is 0 Å². The molecule has 2 saturated heterocycles. The molecule has 1 N–H and O–H groups in total. The maximum absolute atomic E-state index is 12.1. The van der Waals surface area contributed by atoms with E-state index in [1.807, 2.05) is 0 Å². The van der Waals surface area contributed by atoms with Crippen LogP contribution in [0, 0.1) is 5.92 Å². The first kappa shape index (κ1) is 11.4. The van der Waals surface area contributed by atoms with E-state index in [9.17, 15) is 9.59 Å². The minimum absolute atomic E-state index is 0.0448. The van der Waals surface area contributed by atoms with E-state index in [0.29, 0.717) is 13.1 Å². The largest absolute Gasteiger partial charge is 0.342 e. The van der Waals surface area contributed by atoms with Gasteiger partial charge in [0.25, 0.3) is 0 Å². The molecular formula is C11H19N3O2. The highest BCUT2D eigenvalue weighted by molar-refractivity contribution is 5.87. The van der Waals surface area contributed by atoms with Crippen LogP contribution in [0.4, 0.5) is 0 Å². The number of carbonyl (C=O) groups is 2. The van der Waals surface area contributed by atoms with Gasteiger partial charge in [-0.05, 0) is 19.4 Å². The third kappa shape index (κ3) is 2.35. The monoisotopic (exact) mass is 225 g/mol. The Balaban J connectivity index is 1.91. The molecule has 1 atom stereocenters. The molecule has 5 heteroatoms. The smallest absolute Gasteiger partial charge is 0.241 e. The van der Waals surface area contributed by atoms with Crippen molar-refractivity contribution in [2.24, 2.45) is 5.92 Å². The number of nitrogens with zero attached hydrogens (tertiary/aromatic N) is 2. The van der Waals surface area contributed by atoms with Crippen molar-refractivity contribution in [3.8, 4) is 0 Å². The van der Waals surface area contributed by atoms with Crippen molar-refractivity contribution in [1.29, 1.82) is 0 Å². The van der Waals surface area contributed by atoms with Gasteiger partial charge in [0, 0.05) is 26.7 Å². The van der Waals surface area contributed by atoms with Crippen LogP contribution in [0.3, 0.4) is 0 Å². The fraction of sp³-hybridized carbons (Fsp3) is 0.818. The summed E-state index contributed by atoms with van der Waals surface area (Å²) < 4.78 is 0. The molecule has 5 nitrogen and oxygen atoms in total. The summed E-state index contributed by atoms with van der Waals surface area (Å²) in [5.41, 5.74) is 0. The van der Waals surface area contributed by atoms with Crippen molar-refractivity contribution in [3.63, 3.8) is 0 Å². The van der Waals surface area contributed by atoms with Crippen molar-refractivity contribution in [1.82, 2.24) is 15.1 Å². The predicted octanol–water partition coefficient (Wildman–Crippen LogP) is -0.713. The Labute approximate surface area is 95.8 Å². The molecule has 2 fully saturated rings. The van der Waals surface area contributed by atoms with E-state index in [0.717, 1.165) is 25.9 Å². The molecule has 0 aromatic carbocycles. The molecule has 0 aliphatic carbocycles. The van der Waals surface area contributed by atoms with Gasteiger partial charge >= 0.3 is 0 Å². The summed E-state index contributed by atoms with van der Waals surface area (Å²) in [5, 5.41) is 3.23. The van der Waals surface area contributed by atoms with Crippen LogP contribution in [0.5, 0.6) is 0 Å². The Bertz CT molecular complexity index is 287. The first-order valence-corrected chi connectivity index (χ1v) is 5.92. The summed E-state index contributed by atoms with van der Waals surface area (Å²) in [6.45, 7) is 3.36. The molecule has 2 heterocycles.